The summed E-state index contributed by atoms with van der Waals surface area (Å²) in [5.41, 5.74) is 4.82. The number of methoxy groups -OCH3 is 1. The molecule has 1 saturated carbocycles. The van der Waals surface area contributed by atoms with E-state index in [4.69, 9.17) is 9.72 Å². The van der Waals surface area contributed by atoms with Crippen LogP contribution in [-0.4, -0.2) is 17.3 Å². The van der Waals surface area contributed by atoms with Gasteiger partial charge in [-0.25, -0.2) is 4.98 Å². The van der Waals surface area contributed by atoms with Crippen LogP contribution in [0.15, 0.2) is 65.7 Å². The van der Waals surface area contributed by atoms with Gasteiger partial charge in [-0.2, -0.15) is 5.26 Å². The fraction of sp³-hybridized carbons (Fsp3) is 0.250. The Balaban J connectivity index is 1.86. The van der Waals surface area contributed by atoms with Crippen molar-refractivity contribution in [2.45, 2.75) is 30.5 Å². The molecule has 4 heteroatoms. The zero-order chi connectivity index (χ0) is 19.7. The number of pyridine rings is 1. The smallest absolute Gasteiger partial charge is 0.118 e. The summed E-state index contributed by atoms with van der Waals surface area (Å²) < 4.78 is 5.28. The van der Waals surface area contributed by atoms with E-state index in [1.165, 1.54) is 0 Å². The maximum absolute atomic E-state index is 9.96. The van der Waals surface area contributed by atoms with E-state index in [2.05, 4.69) is 32.0 Å². The number of ether oxygens (including phenoxy) is 1. The molecule has 0 saturated heterocycles. The van der Waals surface area contributed by atoms with Crippen LogP contribution >= 0.6 is 11.8 Å². The molecular weight excluding hydrogens is 364 g/mol. The third-order valence-corrected chi connectivity index (χ3v) is 6.85. The Morgan fingerprint density at radius 3 is 2.32 bits per heavy atom. The molecule has 0 radical (unpaired) electrons. The number of nitriles is 1. The molecule has 1 aliphatic rings. The van der Waals surface area contributed by atoms with Crippen LogP contribution in [0.1, 0.15) is 25.8 Å². The van der Waals surface area contributed by atoms with E-state index in [0.717, 1.165) is 39.6 Å². The Hall–Kier alpha value is -2.77. The highest BCUT2D eigenvalue weighted by Gasteiger charge is 2.47. The van der Waals surface area contributed by atoms with Gasteiger partial charge in [0.05, 0.1) is 18.4 Å². The van der Waals surface area contributed by atoms with Gasteiger partial charge in [0.15, 0.2) is 0 Å². The predicted octanol–water partition coefficient (Wildman–Crippen LogP) is 6.19. The molecule has 3 aromatic rings. The van der Waals surface area contributed by atoms with Crippen LogP contribution in [0.4, 0.5) is 0 Å². The van der Waals surface area contributed by atoms with Crippen LogP contribution < -0.4 is 4.74 Å². The van der Waals surface area contributed by atoms with Crippen molar-refractivity contribution in [3.8, 4) is 34.2 Å². The second kappa shape index (κ2) is 7.33. The zero-order valence-corrected chi connectivity index (χ0v) is 17.1. The monoisotopic (exact) mass is 386 g/mol. The topological polar surface area (TPSA) is 45.9 Å². The SMILES string of the molecule is COc1ccc(-c2cc(-c3ccccc3)nc(SC3CC3(C)C)c2C#N)cc1. The first kappa shape index (κ1) is 18.6. The lowest BCUT2D eigenvalue weighted by Gasteiger charge is -2.13. The molecule has 28 heavy (non-hydrogen) atoms. The number of thioether (sulfide) groups is 1. The molecule has 0 N–H and O–H groups in total. The largest absolute Gasteiger partial charge is 0.497 e. The molecule has 0 aliphatic heterocycles. The molecule has 1 fully saturated rings. The lowest BCUT2D eigenvalue weighted by atomic mass is 9.99. The molecule has 0 spiro atoms. The summed E-state index contributed by atoms with van der Waals surface area (Å²) in [4.78, 5) is 4.90. The second-order valence-electron chi connectivity index (χ2n) is 7.74. The molecule has 140 valence electrons. The summed E-state index contributed by atoms with van der Waals surface area (Å²) in [7, 11) is 1.65. The lowest BCUT2D eigenvalue weighted by Crippen LogP contribution is -1.98. The Morgan fingerprint density at radius 2 is 1.75 bits per heavy atom. The summed E-state index contributed by atoms with van der Waals surface area (Å²) in [6.45, 7) is 4.53. The molecule has 0 bridgehead atoms. The quantitative estimate of drug-likeness (QED) is 0.525. The molecule has 1 aliphatic carbocycles. The summed E-state index contributed by atoms with van der Waals surface area (Å²) in [5, 5.41) is 11.3. The summed E-state index contributed by atoms with van der Waals surface area (Å²) in [6, 6.07) is 22.4. The van der Waals surface area contributed by atoms with Gasteiger partial charge in [-0.3, -0.25) is 0 Å². The molecule has 2 aromatic carbocycles. The second-order valence-corrected chi connectivity index (χ2v) is 8.93. The average Bonchev–Trinajstić information content (AvgIpc) is 3.33. The number of benzene rings is 2. The molecule has 1 aromatic heterocycles. The van der Waals surface area contributed by atoms with E-state index in [0.29, 0.717) is 16.2 Å². The van der Waals surface area contributed by atoms with Crippen LogP contribution in [0.25, 0.3) is 22.4 Å². The van der Waals surface area contributed by atoms with Crippen LogP contribution in [-0.2, 0) is 0 Å². The molecule has 4 rings (SSSR count). The van der Waals surface area contributed by atoms with E-state index in [-0.39, 0.29) is 0 Å². The Morgan fingerprint density at radius 1 is 1.07 bits per heavy atom. The van der Waals surface area contributed by atoms with E-state index in [1.54, 1.807) is 18.9 Å². The summed E-state index contributed by atoms with van der Waals surface area (Å²) in [5.74, 6) is 0.800. The van der Waals surface area contributed by atoms with E-state index < -0.39 is 0 Å². The van der Waals surface area contributed by atoms with Crippen molar-refractivity contribution in [1.82, 2.24) is 4.98 Å². The number of nitrogens with zero attached hydrogens (tertiary/aromatic N) is 2. The molecule has 3 nitrogen and oxygen atoms in total. The third-order valence-electron chi connectivity index (χ3n) is 5.25. The Kier molecular flexibility index (Phi) is 4.87. The van der Waals surface area contributed by atoms with Crippen LogP contribution in [0, 0.1) is 16.7 Å². The number of hydrogen-bond donors (Lipinski definition) is 0. The summed E-state index contributed by atoms with van der Waals surface area (Å²) in [6.07, 6.45) is 1.15. The van der Waals surface area contributed by atoms with Gasteiger partial charge in [0.1, 0.15) is 16.8 Å². The van der Waals surface area contributed by atoms with Crippen LogP contribution in [0.3, 0.4) is 0 Å². The highest BCUT2D eigenvalue weighted by molar-refractivity contribution is 8.00. The third kappa shape index (κ3) is 3.63. The van der Waals surface area contributed by atoms with Crippen molar-refractivity contribution in [2.75, 3.05) is 7.11 Å². The maximum atomic E-state index is 9.96. The van der Waals surface area contributed by atoms with Crippen molar-refractivity contribution in [3.63, 3.8) is 0 Å². The van der Waals surface area contributed by atoms with E-state index >= 15 is 0 Å². The van der Waals surface area contributed by atoms with Gasteiger partial charge < -0.3 is 4.74 Å². The van der Waals surface area contributed by atoms with Gasteiger partial charge in [-0.15, -0.1) is 11.8 Å². The predicted molar refractivity (Wildman–Crippen MR) is 114 cm³/mol. The van der Waals surface area contributed by atoms with Crippen molar-refractivity contribution < 1.29 is 4.74 Å². The van der Waals surface area contributed by atoms with Crippen LogP contribution in [0.5, 0.6) is 5.75 Å². The molecule has 0 amide bonds. The normalized spacial score (nSPS) is 17.0. The van der Waals surface area contributed by atoms with E-state index in [1.807, 2.05) is 48.5 Å². The van der Waals surface area contributed by atoms with Crippen LogP contribution in [0.2, 0.25) is 0 Å². The van der Waals surface area contributed by atoms with E-state index in [9.17, 15) is 5.26 Å². The fourth-order valence-electron chi connectivity index (χ4n) is 3.22. The van der Waals surface area contributed by atoms with Gasteiger partial charge in [-0.05, 0) is 35.6 Å². The van der Waals surface area contributed by atoms with Gasteiger partial charge in [-0.1, -0.05) is 56.3 Å². The molecule has 1 unspecified atom stereocenters. The Bertz CT molecular complexity index is 1040. The highest BCUT2D eigenvalue weighted by atomic mass is 32.2. The Labute approximate surface area is 170 Å². The highest BCUT2D eigenvalue weighted by Crippen LogP contribution is 2.55. The minimum Gasteiger partial charge on any atom is -0.497 e. The van der Waals surface area contributed by atoms with Crippen molar-refractivity contribution in [3.05, 3.63) is 66.2 Å². The molecule has 1 heterocycles. The van der Waals surface area contributed by atoms with Gasteiger partial charge in [0.25, 0.3) is 0 Å². The molecular formula is C24H22N2OS. The summed E-state index contributed by atoms with van der Waals surface area (Å²) >= 11 is 1.73. The number of hydrogen-bond acceptors (Lipinski definition) is 4. The van der Waals surface area contributed by atoms with Crippen molar-refractivity contribution in [1.29, 1.82) is 5.26 Å². The zero-order valence-electron chi connectivity index (χ0n) is 16.3. The van der Waals surface area contributed by atoms with Gasteiger partial charge in [0.2, 0.25) is 0 Å². The molecule has 1 atom stereocenters. The minimum atomic E-state index is 0.308. The fourth-order valence-corrected chi connectivity index (χ4v) is 4.75. The van der Waals surface area contributed by atoms with Gasteiger partial charge >= 0.3 is 0 Å². The first-order valence-corrected chi connectivity index (χ1v) is 10.2. The number of aromatic nitrogens is 1. The minimum absolute atomic E-state index is 0.308. The average molecular weight is 387 g/mol. The van der Waals surface area contributed by atoms with Gasteiger partial charge in [0, 0.05) is 16.4 Å². The standard InChI is InChI=1S/C24H22N2OS/c1-24(2)14-22(24)28-23-20(15-25)19(16-9-11-18(27-3)12-10-16)13-21(26-23)17-7-5-4-6-8-17/h4-13,22H,14H2,1-3H3. The number of rotatable bonds is 5. The first-order valence-electron chi connectivity index (χ1n) is 9.33. The van der Waals surface area contributed by atoms with Crippen molar-refractivity contribution in [2.24, 2.45) is 5.41 Å². The lowest BCUT2D eigenvalue weighted by molar-refractivity contribution is 0.415. The maximum Gasteiger partial charge on any atom is 0.118 e. The van der Waals surface area contributed by atoms with Crippen molar-refractivity contribution >= 4 is 11.8 Å². The first-order chi connectivity index (χ1) is 13.5.